The zero-order valence-corrected chi connectivity index (χ0v) is 20.8. The molecule has 0 saturated carbocycles. The number of hydrogen-bond donors (Lipinski definition) is 0. The van der Waals surface area contributed by atoms with Crippen LogP contribution >= 0.6 is 0 Å². The highest BCUT2D eigenvalue weighted by molar-refractivity contribution is 5.80. The lowest BCUT2D eigenvalue weighted by Crippen LogP contribution is -2.52. The second-order valence-electron chi connectivity index (χ2n) is 10.4. The third-order valence-corrected chi connectivity index (χ3v) is 8.17. The zero-order chi connectivity index (χ0) is 24.8. The number of ether oxygens (including phenoxy) is 1. The molecule has 2 atom stereocenters. The van der Waals surface area contributed by atoms with Gasteiger partial charge in [0.1, 0.15) is 6.61 Å². The standard InChI is InChI=1S/C32H30N2O2/c1-20-14-22(18-33)15-21(2)31(20)23-16-24-8-7-9-25(17-23)34(24)32(35)36-19-30-28-12-5-3-10-26(28)27-11-4-6-13-29(27)30/h3-6,10-16,24-25,30H,7-9,17,19H2,1-2H3. The first-order valence-corrected chi connectivity index (χ1v) is 12.9. The molecule has 6 rings (SSSR count). The number of aryl methyl sites for hydroxylation is 2. The summed E-state index contributed by atoms with van der Waals surface area (Å²) in [6.07, 6.45) is 5.98. The highest BCUT2D eigenvalue weighted by atomic mass is 16.6. The quantitative estimate of drug-likeness (QED) is 0.406. The molecule has 0 aromatic heterocycles. The first-order chi connectivity index (χ1) is 17.5. The average Bonchev–Trinajstić information content (AvgIpc) is 3.20. The molecule has 0 N–H and O–H groups in total. The van der Waals surface area contributed by atoms with Gasteiger partial charge in [-0.25, -0.2) is 4.79 Å². The van der Waals surface area contributed by atoms with Crippen LogP contribution in [0, 0.1) is 25.2 Å². The molecule has 2 unspecified atom stereocenters. The molecule has 1 aliphatic carbocycles. The minimum Gasteiger partial charge on any atom is -0.448 e. The van der Waals surface area contributed by atoms with Crippen molar-refractivity contribution < 1.29 is 9.53 Å². The second-order valence-corrected chi connectivity index (χ2v) is 10.4. The minimum atomic E-state index is -0.199. The smallest absolute Gasteiger partial charge is 0.410 e. The molecule has 2 bridgehead atoms. The van der Waals surface area contributed by atoms with Gasteiger partial charge in [-0.1, -0.05) is 54.6 Å². The van der Waals surface area contributed by atoms with Crippen LogP contribution in [-0.2, 0) is 4.74 Å². The molecular weight excluding hydrogens is 444 g/mol. The molecule has 2 heterocycles. The highest BCUT2D eigenvalue weighted by Crippen LogP contribution is 2.45. The number of carbonyl (C=O) groups is 1. The van der Waals surface area contributed by atoms with Gasteiger partial charge in [-0.2, -0.15) is 5.26 Å². The zero-order valence-electron chi connectivity index (χ0n) is 20.8. The molecule has 4 heteroatoms. The van der Waals surface area contributed by atoms with Crippen LogP contribution in [0.25, 0.3) is 16.7 Å². The maximum atomic E-state index is 13.5. The van der Waals surface area contributed by atoms with Gasteiger partial charge in [0.25, 0.3) is 0 Å². The molecular formula is C32H30N2O2. The molecule has 1 fully saturated rings. The first-order valence-electron chi connectivity index (χ1n) is 12.9. The molecule has 2 aliphatic heterocycles. The van der Waals surface area contributed by atoms with E-state index in [2.05, 4.69) is 74.5 Å². The van der Waals surface area contributed by atoms with Crippen molar-refractivity contribution in [3.05, 3.63) is 100 Å². The van der Waals surface area contributed by atoms with Crippen LogP contribution < -0.4 is 0 Å². The summed E-state index contributed by atoms with van der Waals surface area (Å²) in [6.45, 7) is 4.52. The van der Waals surface area contributed by atoms with E-state index in [0.29, 0.717) is 12.2 Å². The molecule has 180 valence electrons. The molecule has 36 heavy (non-hydrogen) atoms. The van der Waals surface area contributed by atoms with Gasteiger partial charge >= 0.3 is 6.09 Å². The van der Waals surface area contributed by atoms with Crippen molar-refractivity contribution in [3.8, 4) is 17.2 Å². The van der Waals surface area contributed by atoms with E-state index in [1.165, 1.54) is 33.4 Å². The van der Waals surface area contributed by atoms with Gasteiger partial charge in [0.2, 0.25) is 0 Å². The summed E-state index contributed by atoms with van der Waals surface area (Å²) in [5.74, 6) is 0.0704. The lowest BCUT2D eigenvalue weighted by molar-refractivity contribution is 0.0539. The van der Waals surface area contributed by atoms with Crippen LogP contribution in [0.2, 0.25) is 0 Å². The van der Waals surface area contributed by atoms with Crippen LogP contribution in [0.3, 0.4) is 0 Å². The predicted molar refractivity (Wildman–Crippen MR) is 142 cm³/mol. The molecule has 0 spiro atoms. The summed E-state index contributed by atoms with van der Waals surface area (Å²) in [7, 11) is 0. The van der Waals surface area contributed by atoms with E-state index in [-0.39, 0.29) is 24.1 Å². The second kappa shape index (κ2) is 8.99. The van der Waals surface area contributed by atoms with Gasteiger partial charge in [0.15, 0.2) is 0 Å². The lowest BCUT2D eigenvalue weighted by atomic mass is 9.80. The monoisotopic (exact) mass is 474 g/mol. The van der Waals surface area contributed by atoms with Crippen LogP contribution in [0.1, 0.15) is 65.0 Å². The average molecular weight is 475 g/mol. The summed E-state index contributed by atoms with van der Waals surface area (Å²) in [5, 5.41) is 9.33. The number of amides is 1. The molecule has 3 aliphatic rings. The Hall–Kier alpha value is -3.84. The van der Waals surface area contributed by atoms with E-state index in [4.69, 9.17) is 4.74 Å². The van der Waals surface area contributed by atoms with Gasteiger partial charge in [-0.15, -0.1) is 0 Å². The Bertz CT molecular complexity index is 1360. The van der Waals surface area contributed by atoms with Gasteiger partial charge in [-0.05, 0) is 96.2 Å². The van der Waals surface area contributed by atoms with Gasteiger partial charge in [0.05, 0.1) is 17.7 Å². The van der Waals surface area contributed by atoms with Crippen LogP contribution in [0.5, 0.6) is 0 Å². The summed E-state index contributed by atoms with van der Waals surface area (Å²) >= 11 is 0. The summed E-state index contributed by atoms with van der Waals surface area (Å²) in [5.41, 5.74) is 10.4. The topological polar surface area (TPSA) is 53.3 Å². The van der Waals surface area contributed by atoms with E-state index in [9.17, 15) is 10.1 Å². The fourth-order valence-electron chi connectivity index (χ4n) is 6.70. The minimum absolute atomic E-state index is 0.0533. The van der Waals surface area contributed by atoms with E-state index >= 15 is 0 Å². The van der Waals surface area contributed by atoms with E-state index in [1.807, 2.05) is 17.0 Å². The van der Waals surface area contributed by atoms with Crippen molar-refractivity contribution in [1.29, 1.82) is 5.26 Å². The number of rotatable bonds is 3. The third kappa shape index (κ3) is 3.71. The van der Waals surface area contributed by atoms with E-state index in [1.54, 1.807) is 0 Å². The number of nitrogens with zero attached hydrogens (tertiary/aromatic N) is 2. The van der Waals surface area contributed by atoms with Crippen LogP contribution in [-0.4, -0.2) is 29.7 Å². The molecule has 3 aromatic rings. The Kier molecular flexibility index (Phi) is 5.64. The SMILES string of the molecule is Cc1cc(C#N)cc(C)c1C1=CC2CCCC(C1)N2C(=O)OCC1c2ccccc2-c2ccccc21. The highest BCUT2D eigenvalue weighted by Gasteiger charge is 2.39. The van der Waals surface area contributed by atoms with Crippen molar-refractivity contribution in [2.75, 3.05) is 6.61 Å². The molecule has 0 radical (unpaired) electrons. The summed E-state index contributed by atoms with van der Waals surface area (Å²) in [4.78, 5) is 15.5. The van der Waals surface area contributed by atoms with Crippen molar-refractivity contribution in [3.63, 3.8) is 0 Å². The summed E-state index contributed by atoms with van der Waals surface area (Å²) < 4.78 is 6.06. The van der Waals surface area contributed by atoms with Crippen LogP contribution in [0.15, 0.2) is 66.7 Å². The predicted octanol–water partition coefficient (Wildman–Crippen LogP) is 7.13. The number of nitriles is 1. The number of carbonyl (C=O) groups excluding carboxylic acids is 1. The largest absolute Gasteiger partial charge is 0.448 e. The molecule has 4 nitrogen and oxygen atoms in total. The third-order valence-electron chi connectivity index (χ3n) is 8.17. The number of benzene rings is 3. The van der Waals surface area contributed by atoms with Crippen molar-refractivity contribution in [2.24, 2.45) is 0 Å². The fraction of sp³-hybridized carbons (Fsp3) is 0.312. The van der Waals surface area contributed by atoms with Crippen molar-refractivity contribution in [1.82, 2.24) is 4.90 Å². The Morgan fingerprint density at radius 2 is 1.64 bits per heavy atom. The first kappa shape index (κ1) is 22.6. The van der Waals surface area contributed by atoms with Crippen LogP contribution in [0.4, 0.5) is 4.79 Å². The van der Waals surface area contributed by atoms with E-state index < -0.39 is 0 Å². The normalized spacial score (nSPS) is 20.2. The summed E-state index contributed by atoms with van der Waals surface area (Å²) in [6, 6.07) is 23.3. The maximum absolute atomic E-state index is 13.5. The maximum Gasteiger partial charge on any atom is 0.410 e. The Morgan fingerprint density at radius 3 is 2.25 bits per heavy atom. The van der Waals surface area contributed by atoms with Crippen molar-refractivity contribution >= 4 is 11.7 Å². The number of fused-ring (bicyclic) bond motifs is 5. The van der Waals surface area contributed by atoms with Gasteiger partial charge in [0, 0.05) is 12.0 Å². The lowest BCUT2D eigenvalue weighted by Gasteiger charge is -2.44. The molecule has 1 saturated heterocycles. The van der Waals surface area contributed by atoms with Gasteiger partial charge in [-0.3, -0.25) is 4.90 Å². The Labute approximate surface area is 212 Å². The number of piperidine rings is 1. The fourth-order valence-corrected chi connectivity index (χ4v) is 6.70. The Morgan fingerprint density at radius 1 is 1.00 bits per heavy atom. The molecule has 3 aromatic carbocycles. The van der Waals surface area contributed by atoms with Gasteiger partial charge < -0.3 is 4.74 Å². The van der Waals surface area contributed by atoms with E-state index in [0.717, 1.165) is 36.8 Å². The Balaban J connectivity index is 1.24. The number of hydrogen-bond acceptors (Lipinski definition) is 3. The molecule has 1 amide bonds. The van der Waals surface area contributed by atoms with Crippen molar-refractivity contribution in [2.45, 2.75) is 57.5 Å².